The third kappa shape index (κ3) is 2.29. The van der Waals surface area contributed by atoms with Crippen molar-refractivity contribution in [3.8, 4) is 17.5 Å². The van der Waals surface area contributed by atoms with E-state index in [2.05, 4.69) is 10.2 Å². The molecule has 0 amide bonds. The van der Waals surface area contributed by atoms with Crippen LogP contribution in [-0.2, 0) is 7.05 Å². The maximum Gasteiger partial charge on any atom is 0.190 e. The molecule has 3 aromatic rings. The van der Waals surface area contributed by atoms with E-state index in [-0.39, 0.29) is 5.78 Å². The second-order valence-corrected chi connectivity index (χ2v) is 4.75. The molecule has 1 atom stereocenters. The lowest BCUT2D eigenvalue weighted by molar-refractivity contribution is 0.0974. The molecule has 0 aliphatic carbocycles. The highest BCUT2D eigenvalue weighted by Gasteiger charge is 2.28. The lowest BCUT2D eigenvalue weighted by Gasteiger charge is -2.07. The lowest BCUT2D eigenvalue weighted by atomic mass is 10.0. The number of benzene rings is 1. The van der Waals surface area contributed by atoms with Gasteiger partial charge in [-0.15, -0.1) is 10.2 Å². The van der Waals surface area contributed by atoms with E-state index in [0.717, 1.165) is 5.56 Å². The highest BCUT2D eigenvalue weighted by atomic mass is 16.3. The number of hydrogen-bond donors (Lipinski definition) is 0. The number of nitriles is 1. The van der Waals surface area contributed by atoms with Crippen LogP contribution in [0.3, 0.4) is 0 Å². The Morgan fingerprint density at radius 2 is 2.05 bits per heavy atom. The van der Waals surface area contributed by atoms with Gasteiger partial charge in [-0.25, -0.2) is 0 Å². The number of furan rings is 1. The summed E-state index contributed by atoms with van der Waals surface area (Å²) in [7, 11) is 1.74. The molecule has 3 rings (SSSR count). The Labute approximate surface area is 126 Å². The number of carbonyl (C=O) groups excluding carboxylic acids is 1. The van der Waals surface area contributed by atoms with Gasteiger partial charge in [0.25, 0.3) is 0 Å². The highest BCUT2D eigenvalue weighted by Crippen LogP contribution is 2.23. The molecule has 1 aromatic carbocycles. The van der Waals surface area contributed by atoms with Crippen LogP contribution in [0.1, 0.15) is 22.1 Å². The van der Waals surface area contributed by atoms with Gasteiger partial charge >= 0.3 is 0 Å². The smallest absolute Gasteiger partial charge is 0.190 e. The van der Waals surface area contributed by atoms with Gasteiger partial charge in [0.2, 0.25) is 0 Å². The second kappa shape index (κ2) is 5.66. The monoisotopic (exact) mass is 292 g/mol. The third-order valence-corrected chi connectivity index (χ3v) is 3.40. The summed E-state index contributed by atoms with van der Waals surface area (Å²) in [6, 6.07) is 13.0. The summed E-state index contributed by atoms with van der Waals surface area (Å²) < 4.78 is 6.57. The van der Waals surface area contributed by atoms with E-state index in [1.54, 1.807) is 11.6 Å². The number of rotatable bonds is 4. The molecule has 6 heteroatoms. The minimum atomic E-state index is -1.02. The molecule has 0 N–H and O–H groups in total. The van der Waals surface area contributed by atoms with E-state index in [0.29, 0.717) is 17.2 Å². The number of aromatic nitrogens is 3. The number of hydrogen-bond acceptors (Lipinski definition) is 5. The van der Waals surface area contributed by atoms with Crippen LogP contribution in [0.4, 0.5) is 0 Å². The zero-order valence-electron chi connectivity index (χ0n) is 11.8. The van der Waals surface area contributed by atoms with E-state index in [9.17, 15) is 10.1 Å². The zero-order valence-corrected chi connectivity index (χ0v) is 11.8. The Hall–Kier alpha value is -3.20. The number of carbonyl (C=O) groups is 1. The normalized spacial score (nSPS) is 11.8. The minimum absolute atomic E-state index is 0.313. The lowest BCUT2D eigenvalue weighted by Crippen LogP contribution is -2.15. The van der Waals surface area contributed by atoms with Crippen molar-refractivity contribution in [2.45, 2.75) is 5.92 Å². The Bertz CT molecular complexity index is 829. The van der Waals surface area contributed by atoms with Gasteiger partial charge in [-0.05, 0) is 6.07 Å². The molecule has 22 heavy (non-hydrogen) atoms. The van der Waals surface area contributed by atoms with Crippen molar-refractivity contribution in [3.05, 3.63) is 60.3 Å². The molecule has 108 valence electrons. The van der Waals surface area contributed by atoms with E-state index in [4.69, 9.17) is 4.42 Å². The second-order valence-electron chi connectivity index (χ2n) is 4.75. The molecule has 0 radical (unpaired) electrons. The van der Waals surface area contributed by atoms with Crippen LogP contribution >= 0.6 is 0 Å². The predicted octanol–water partition coefficient (Wildman–Crippen LogP) is 2.57. The first kappa shape index (κ1) is 13.8. The van der Waals surface area contributed by atoms with Crippen molar-refractivity contribution in [2.24, 2.45) is 7.05 Å². The van der Waals surface area contributed by atoms with Crippen LogP contribution < -0.4 is 0 Å². The van der Waals surface area contributed by atoms with Gasteiger partial charge in [0.1, 0.15) is 6.26 Å². The van der Waals surface area contributed by atoms with Crippen LogP contribution in [0.5, 0.6) is 0 Å². The minimum Gasteiger partial charge on any atom is -0.472 e. The molecule has 0 aliphatic heterocycles. The first-order chi connectivity index (χ1) is 10.7. The molecular weight excluding hydrogens is 280 g/mol. The zero-order chi connectivity index (χ0) is 15.5. The number of Topliss-reactive ketones (excluding diaryl/α,β-unsaturated/α-hetero) is 1. The summed E-state index contributed by atoms with van der Waals surface area (Å²) >= 11 is 0. The molecule has 2 aromatic heterocycles. The van der Waals surface area contributed by atoms with Gasteiger partial charge in [0, 0.05) is 12.6 Å². The van der Waals surface area contributed by atoms with Crippen molar-refractivity contribution < 1.29 is 9.21 Å². The highest BCUT2D eigenvalue weighted by molar-refractivity contribution is 6.02. The quantitative estimate of drug-likeness (QED) is 0.690. The van der Waals surface area contributed by atoms with Crippen molar-refractivity contribution in [2.75, 3.05) is 0 Å². The number of ketones is 1. The van der Waals surface area contributed by atoms with Crippen molar-refractivity contribution in [1.29, 1.82) is 5.26 Å². The topological polar surface area (TPSA) is 84.7 Å². The molecule has 0 aliphatic rings. The van der Waals surface area contributed by atoms with Crippen molar-refractivity contribution in [3.63, 3.8) is 0 Å². The molecule has 1 unspecified atom stereocenters. The molecule has 0 fully saturated rings. The van der Waals surface area contributed by atoms with Gasteiger partial charge < -0.3 is 8.98 Å². The first-order valence-electron chi connectivity index (χ1n) is 6.63. The SMILES string of the molecule is Cn1c(-c2ccccc2)nnc1C(C#N)C(=O)c1ccoc1. The average molecular weight is 292 g/mol. The fourth-order valence-electron chi connectivity index (χ4n) is 2.24. The molecule has 6 nitrogen and oxygen atoms in total. The average Bonchev–Trinajstić information content (AvgIpc) is 3.20. The van der Waals surface area contributed by atoms with Crippen LogP contribution in [0.15, 0.2) is 53.3 Å². The van der Waals surface area contributed by atoms with Gasteiger partial charge in [-0.1, -0.05) is 30.3 Å². The molecule has 0 saturated heterocycles. The van der Waals surface area contributed by atoms with E-state index in [1.807, 2.05) is 36.4 Å². The van der Waals surface area contributed by atoms with Gasteiger partial charge in [0.05, 0.1) is 17.9 Å². The van der Waals surface area contributed by atoms with Gasteiger partial charge in [-0.2, -0.15) is 5.26 Å². The van der Waals surface area contributed by atoms with Crippen LogP contribution in [0.2, 0.25) is 0 Å². The van der Waals surface area contributed by atoms with E-state index >= 15 is 0 Å². The first-order valence-corrected chi connectivity index (χ1v) is 6.63. The number of nitrogens with zero attached hydrogens (tertiary/aromatic N) is 4. The standard InChI is InChI=1S/C16H12N4O2/c1-20-15(11-5-3-2-4-6-11)18-19-16(20)13(9-17)14(21)12-7-8-22-10-12/h2-8,10,13H,1H3. The van der Waals surface area contributed by atoms with Crippen molar-refractivity contribution >= 4 is 5.78 Å². The van der Waals surface area contributed by atoms with Crippen molar-refractivity contribution in [1.82, 2.24) is 14.8 Å². The Morgan fingerprint density at radius 1 is 1.27 bits per heavy atom. The van der Waals surface area contributed by atoms with Crippen LogP contribution in [-0.4, -0.2) is 20.5 Å². The fraction of sp³-hybridized carbons (Fsp3) is 0.125. The maximum atomic E-state index is 12.4. The summed E-state index contributed by atoms with van der Waals surface area (Å²) in [5.41, 5.74) is 1.21. The third-order valence-electron chi connectivity index (χ3n) is 3.40. The predicted molar refractivity (Wildman–Crippen MR) is 77.8 cm³/mol. The molecule has 0 spiro atoms. The molecule has 0 saturated carbocycles. The maximum absolute atomic E-state index is 12.4. The fourth-order valence-corrected chi connectivity index (χ4v) is 2.24. The Balaban J connectivity index is 2.00. The summed E-state index contributed by atoms with van der Waals surface area (Å²) in [6.45, 7) is 0. The summed E-state index contributed by atoms with van der Waals surface area (Å²) in [5.74, 6) is -0.456. The molecule has 0 bridgehead atoms. The van der Waals surface area contributed by atoms with E-state index < -0.39 is 5.92 Å². The summed E-state index contributed by atoms with van der Waals surface area (Å²) in [6.07, 6.45) is 2.72. The summed E-state index contributed by atoms with van der Waals surface area (Å²) in [4.78, 5) is 12.4. The summed E-state index contributed by atoms with van der Waals surface area (Å²) in [5, 5.41) is 17.5. The van der Waals surface area contributed by atoms with E-state index in [1.165, 1.54) is 18.6 Å². The largest absolute Gasteiger partial charge is 0.472 e. The van der Waals surface area contributed by atoms with Crippen LogP contribution in [0.25, 0.3) is 11.4 Å². The Morgan fingerprint density at radius 3 is 2.68 bits per heavy atom. The molecule has 2 heterocycles. The van der Waals surface area contributed by atoms with Gasteiger partial charge in [0.15, 0.2) is 23.3 Å². The van der Waals surface area contributed by atoms with Gasteiger partial charge in [-0.3, -0.25) is 4.79 Å². The van der Waals surface area contributed by atoms with Crippen LogP contribution in [0, 0.1) is 11.3 Å². The molecular formula is C16H12N4O2. The Kier molecular flexibility index (Phi) is 3.54.